The van der Waals surface area contributed by atoms with E-state index >= 15 is 0 Å². The zero-order valence-corrected chi connectivity index (χ0v) is 17.4. The van der Waals surface area contributed by atoms with Crippen LogP contribution in [0.1, 0.15) is 27.6 Å². The summed E-state index contributed by atoms with van der Waals surface area (Å²) >= 11 is 0. The average Bonchev–Trinajstić information content (AvgIpc) is 2.66. The molecule has 7 nitrogen and oxygen atoms in total. The average molecular weight is 404 g/mol. The van der Waals surface area contributed by atoms with Gasteiger partial charge in [0.05, 0.1) is 10.5 Å². The fourth-order valence-corrected chi connectivity index (χ4v) is 3.41. The molecule has 0 aliphatic heterocycles. The largest absolute Gasteiger partial charge is 0.444 e. The van der Waals surface area contributed by atoms with Crippen LogP contribution in [0.4, 0.5) is 0 Å². The minimum Gasteiger partial charge on any atom is -0.444 e. The first kappa shape index (κ1) is 21.6. The number of hydrogen-bond donors (Lipinski definition) is 0. The molecule has 2 aromatic carbocycles. The predicted octanol–water partition coefficient (Wildman–Crippen LogP) is 2.23. The van der Waals surface area contributed by atoms with Crippen molar-refractivity contribution in [2.24, 2.45) is 0 Å². The topological polar surface area (TPSA) is 84.0 Å². The summed E-state index contributed by atoms with van der Waals surface area (Å²) in [4.78, 5) is 26.7. The first-order valence-electron chi connectivity index (χ1n) is 8.56. The maximum absolute atomic E-state index is 12.8. The van der Waals surface area contributed by atoms with Crippen molar-refractivity contribution in [3.8, 4) is 0 Å². The fraction of sp³-hybridized carbons (Fsp3) is 0.300. The molecule has 1 amide bonds. The van der Waals surface area contributed by atoms with Crippen LogP contribution < -0.4 is 0 Å². The highest BCUT2D eigenvalue weighted by atomic mass is 32.2. The van der Waals surface area contributed by atoms with Gasteiger partial charge < -0.3 is 9.64 Å². The van der Waals surface area contributed by atoms with Crippen molar-refractivity contribution in [2.75, 3.05) is 28.2 Å². The lowest BCUT2D eigenvalue weighted by Gasteiger charge is -2.22. The molecule has 0 radical (unpaired) electrons. The van der Waals surface area contributed by atoms with Gasteiger partial charge in [-0.3, -0.25) is 4.79 Å². The Morgan fingerprint density at radius 1 is 0.964 bits per heavy atom. The number of nitrogens with zero attached hydrogens (tertiary/aromatic N) is 2. The molecular formula is C20H24N2O5S. The molecule has 0 N–H and O–H groups in total. The van der Waals surface area contributed by atoms with E-state index in [1.165, 1.54) is 37.2 Å². The van der Waals surface area contributed by atoms with Gasteiger partial charge in [-0.25, -0.2) is 17.5 Å². The van der Waals surface area contributed by atoms with Gasteiger partial charge in [0.2, 0.25) is 16.1 Å². The summed E-state index contributed by atoms with van der Waals surface area (Å²) in [6, 6.07) is 12.9. The van der Waals surface area contributed by atoms with E-state index in [2.05, 4.69) is 0 Å². The van der Waals surface area contributed by atoms with Crippen LogP contribution in [-0.2, 0) is 19.6 Å². The van der Waals surface area contributed by atoms with E-state index in [-0.39, 0.29) is 10.5 Å². The summed E-state index contributed by atoms with van der Waals surface area (Å²) in [7, 11) is 2.25. The second kappa shape index (κ2) is 8.53. The van der Waals surface area contributed by atoms with Crippen molar-refractivity contribution in [2.45, 2.75) is 17.9 Å². The molecule has 0 aliphatic rings. The molecule has 0 heterocycles. The van der Waals surface area contributed by atoms with Gasteiger partial charge in [0.25, 0.3) is 5.91 Å². The highest BCUT2D eigenvalue weighted by Gasteiger charge is 2.28. The smallest absolute Gasteiger partial charge is 0.339 e. The van der Waals surface area contributed by atoms with Gasteiger partial charge in [0.15, 0.2) is 0 Å². The number of esters is 1. The number of benzene rings is 2. The Kier molecular flexibility index (Phi) is 6.58. The lowest BCUT2D eigenvalue weighted by atomic mass is 10.1. The number of rotatable bonds is 6. The maximum atomic E-state index is 12.8. The van der Waals surface area contributed by atoms with Crippen molar-refractivity contribution in [3.05, 3.63) is 65.2 Å². The molecule has 0 aromatic heterocycles. The Balaban J connectivity index is 2.43. The molecule has 0 unspecified atom stereocenters. The Morgan fingerprint density at radius 2 is 1.57 bits per heavy atom. The first-order valence-corrected chi connectivity index (χ1v) is 10.00. The molecule has 2 aromatic rings. The zero-order valence-electron chi connectivity index (χ0n) is 16.5. The number of amides is 1. The van der Waals surface area contributed by atoms with Gasteiger partial charge in [-0.15, -0.1) is 0 Å². The van der Waals surface area contributed by atoms with Crippen LogP contribution in [-0.4, -0.2) is 57.7 Å². The lowest BCUT2D eigenvalue weighted by Crippen LogP contribution is -2.31. The molecule has 0 aliphatic carbocycles. The van der Waals surface area contributed by atoms with Crippen LogP contribution in [0.25, 0.3) is 0 Å². The predicted molar refractivity (Wildman–Crippen MR) is 105 cm³/mol. The van der Waals surface area contributed by atoms with Crippen molar-refractivity contribution in [1.29, 1.82) is 0 Å². The van der Waals surface area contributed by atoms with Gasteiger partial charge in [0, 0.05) is 33.8 Å². The SMILES string of the molecule is Cc1ccc(S(=O)(=O)N(C)C)cc1C(=O)O[C@H](C(=O)N(C)C)c1ccccc1. The standard InChI is InChI=1S/C20H24N2O5S/c1-14-11-12-16(28(25,26)22(4)5)13-17(14)20(24)27-18(19(23)21(2)3)15-9-7-6-8-10-15/h6-13,18H,1-5H3/t18-/m0/s1. The normalized spacial score (nSPS) is 12.5. The summed E-state index contributed by atoms with van der Waals surface area (Å²) in [6.45, 7) is 1.67. The molecule has 0 fully saturated rings. The lowest BCUT2D eigenvalue weighted by molar-refractivity contribution is -0.138. The number of hydrogen-bond acceptors (Lipinski definition) is 5. The second-order valence-corrected chi connectivity index (χ2v) is 8.84. The van der Waals surface area contributed by atoms with E-state index in [9.17, 15) is 18.0 Å². The van der Waals surface area contributed by atoms with Crippen LogP contribution in [0.2, 0.25) is 0 Å². The number of ether oxygens (including phenoxy) is 1. The van der Waals surface area contributed by atoms with E-state index in [1.54, 1.807) is 51.4 Å². The Hall–Kier alpha value is -2.71. The van der Waals surface area contributed by atoms with Crippen molar-refractivity contribution in [1.82, 2.24) is 9.21 Å². The molecule has 0 spiro atoms. The van der Waals surface area contributed by atoms with Crippen LogP contribution in [0.15, 0.2) is 53.4 Å². The minimum absolute atomic E-state index is 0.0229. The summed E-state index contributed by atoms with van der Waals surface area (Å²) in [5, 5.41) is 0. The maximum Gasteiger partial charge on any atom is 0.339 e. The third kappa shape index (κ3) is 4.58. The highest BCUT2D eigenvalue weighted by molar-refractivity contribution is 7.89. The number of aryl methyl sites for hydroxylation is 1. The third-order valence-corrected chi connectivity index (χ3v) is 6.01. The van der Waals surface area contributed by atoms with Crippen molar-refractivity contribution < 1.29 is 22.7 Å². The monoisotopic (exact) mass is 404 g/mol. The van der Waals surface area contributed by atoms with Gasteiger partial charge in [-0.2, -0.15) is 0 Å². The van der Waals surface area contributed by atoms with Gasteiger partial charge in [-0.05, 0) is 24.6 Å². The van der Waals surface area contributed by atoms with E-state index < -0.39 is 28.0 Å². The van der Waals surface area contributed by atoms with Crippen LogP contribution in [0.3, 0.4) is 0 Å². The van der Waals surface area contributed by atoms with Crippen molar-refractivity contribution >= 4 is 21.9 Å². The summed E-state index contributed by atoms with van der Waals surface area (Å²) < 4.78 is 31.3. The van der Waals surface area contributed by atoms with Crippen molar-refractivity contribution in [3.63, 3.8) is 0 Å². The second-order valence-electron chi connectivity index (χ2n) is 6.69. The Labute approximate surface area is 165 Å². The Bertz CT molecular complexity index is 969. The summed E-state index contributed by atoms with van der Waals surface area (Å²) in [6.07, 6.45) is -1.13. The number of carbonyl (C=O) groups excluding carboxylic acids is 2. The first-order chi connectivity index (χ1) is 13.1. The zero-order chi connectivity index (χ0) is 21.1. The van der Waals surface area contributed by atoms with Crippen LogP contribution in [0, 0.1) is 6.92 Å². The molecule has 150 valence electrons. The van der Waals surface area contributed by atoms with Gasteiger partial charge in [0.1, 0.15) is 0 Å². The number of carbonyl (C=O) groups is 2. The highest BCUT2D eigenvalue weighted by Crippen LogP contribution is 2.24. The third-order valence-electron chi connectivity index (χ3n) is 4.20. The van der Waals surface area contributed by atoms with E-state index in [0.717, 1.165) is 4.31 Å². The number of likely N-dealkylation sites (N-methyl/N-ethyl adjacent to an activating group) is 1. The number of sulfonamides is 1. The minimum atomic E-state index is -3.71. The van der Waals surface area contributed by atoms with Crippen LogP contribution in [0.5, 0.6) is 0 Å². The van der Waals surface area contributed by atoms with E-state index in [1.807, 2.05) is 0 Å². The summed E-state index contributed by atoms with van der Waals surface area (Å²) in [5.74, 6) is -1.16. The molecule has 0 saturated carbocycles. The quantitative estimate of drug-likeness (QED) is 0.690. The van der Waals surface area contributed by atoms with Crippen LogP contribution >= 0.6 is 0 Å². The molecule has 0 bridgehead atoms. The molecular weight excluding hydrogens is 380 g/mol. The molecule has 0 saturated heterocycles. The van der Waals surface area contributed by atoms with Gasteiger partial charge in [-0.1, -0.05) is 36.4 Å². The Morgan fingerprint density at radius 3 is 2.11 bits per heavy atom. The molecule has 2 rings (SSSR count). The molecule has 28 heavy (non-hydrogen) atoms. The van der Waals surface area contributed by atoms with Gasteiger partial charge >= 0.3 is 5.97 Å². The van der Waals surface area contributed by atoms with E-state index in [0.29, 0.717) is 11.1 Å². The molecule has 8 heteroatoms. The van der Waals surface area contributed by atoms with E-state index in [4.69, 9.17) is 4.74 Å². The summed E-state index contributed by atoms with van der Waals surface area (Å²) in [5.41, 5.74) is 1.17. The fourth-order valence-electron chi connectivity index (χ4n) is 2.49. The molecule has 1 atom stereocenters.